The highest BCUT2D eigenvalue weighted by Crippen LogP contribution is 2.38. The van der Waals surface area contributed by atoms with Crippen LogP contribution in [-0.4, -0.2) is 17.3 Å². The third-order valence-electron chi connectivity index (χ3n) is 3.54. The van der Waals surface area contributed by atoms with Crippen LogP contribution < -0.4 is 4.90 Å². The largest absolute Gasteiger partial charge is 0.358 e. The number of nitro benzene ring substituents is 1. The molecule has 0 N–H and O–H groups in total. The van der Waals surface area contributed by atoms with E-state index in [2.05, 4.69) is 4.90 Å². The van der Waals surface area contributed by atoms with Crippen LogP contribution in [0, 0.1) is 10.1 Å². The molecule has 0 unspecified atom stereocenters. The zero-order chi connectivity index (χ0) is 14.8. The Balaban J connectivity index is 1.98. The lowest BCUT2D eigenvalue weighted by molar-refractivity contribution is -0.384. The number of hydrogen-bond acceptors (Lipinski definition) is 5. The van der Waals surface area contributed by atoms with Gasteiger partial charge < -0.3 is 4.90 Å². The molecular formula is C15H14N2O3S. The Morgan fingerprint density at radius 2 is 2.19 bits per heavy atom. The molecule has 21 heavy (non-hydrogen) atoms. The van der Waals surface area contributed by atoms with Gasteiger partial charge in [-0.05, 0) is 36.4 Å². The molecule has 0 amide bonds. The highest BCUT2D eigenvalue weighted by atomic mass is 32.1. The van der Waals surface area contributed by atoms with Crippen LogP contribution in [0.15, 0.2) is 35.7 Å². The van der Waals surface area contributed by atoms with Crippen LogP contribution in [-0.2, 0) is 6.54 Å². The molecule has 0 bridgehead atoms. The minimum Gasteiger partial charge on any atom is -0.358 e. The van der Waals surface area contributed by atoms with Crippen molar-refractivity contribution in [3.8, 4) is 0 Å². The van der Waals surface area contributed by atoms with E-state index in [4.69, 9.17) is 0 Å². The molecule has 1 aliphatic rings. The zero-order valence-electron chi connectivity index (χ0n) is 11.3. The van der Waals surface area contributed by atoms with Crippen molar-refractivity contribution in [2.45, 2.75) is 25.4 Å². The molecule has 1 aromatic carbocycles. The van der Waals surface area contributed by atoms with Crippen LogP contribution in [0.2, 0.25) is 0 Å². The Bertz CT molecular complexity index is 666. The molecule has 6 heteroatoms. The monoisotopic (exact) mass is 302 g/mol. The van der Waals surface area contributed by atoms with Crippen molar-refractivity contribution in [3.05, 3.63) is 56.3 Å². The van der Waals surface area contributed by atoms with E-state index in [1.54, 1.807) is 23.5 Å². The molecule has 2 aromatic rings. The van der Waals surface area contributed by atoms with Crippen molar-refractivity contribution in [1.29, 1.82) is 0 Å². The number of aldehydes is 1. The summed E-state index contributed by atoms with van der Waals surface area (Å²) in [4.78, 5) is 25.0. The Morgan fingerprint density at radius 3 is 2.76 bits per heavy atom. The van der Waals surface area contributed by atoms with Crippen LogP contribution >= 0.6 is 11.3 Å². The van der Waals surface area contributed by atoms with Crippen molar-refractivity contribution in [2.24, 2.45) is 0 Å². The Morgan fingerprint density at radius 1 is 1.38 bits per heavy atom. The first kappa shape index (κ1) is 13.8. The maximum Gasteiger partial charge on any atom is 0.293 e. The lowest BCUT2D eigenvalue weighted by atomic mass is 10.1. The highest BCUT2D eigenvalue weighted by Gasteiger charge is 2.33. The lowest BCUT2D eigenvalue weighted by Gasteiger charge is -2.23. The van der Waals surface area contributed by atoms with Crippen molar-refractivity contribution in [3.63, 3.8) is 0 Å². The SMILES string of the molecule is O=Cc1ccc(N(Cc2cccs2)C2CC2)c([N+](=O)[O-])c1. The number of thiophene rings is 1. The first-order chi connectivity index (χ1) is 10.2. The van der Waals surface area contributed by atoms with E-state index in [9.17, 15) is 14.9 Å². The molecule has 0 spiro atoms. The normalized spacial score (nSPS) is 13.9. The van der Waals surface area contributed by atoms with Gasteiger partial charge in [-0.15, -0.1) is 11.3 Å². The number of rotatable bonds is 6. The van der Waals surface area contributed by atoms with Gasteiger partial charge in [-0.2, -0.15) is 0 Å². The Kier molecular flexibility index (Phi) is 3.70. The van der Waals surface area contributed by atoms with Crippen molar-refractivity contribution in [2.75, 3.05) is 4.90 Å². The fourth-order valence-electron chi connectivity index (χ4n) is 2.37. The van der Waals surface area contributed by atoms with Gasteiger partial charge in [0.25, 0.3) is 5.69 Å². The van der Waals surface area contributed by atoms with E-state index >= 15 is 0 Å². The van der Waals surface area contributed by atoms with Gasteiger partial charge >= 0.3 is 0 Å². The van der Waals surface area contributed by atoms with E-state index in [1.165, 1.54) is 10.9 Å². The summed E-state index contributed by atoms with van der Waals surface area (Å²) in [5, 5.41) is 13.3. The predicted molar refractivity (Wildman–Crippen MR) is 82.0 cm³/mol. The molecule has 0 radical (unpaired) electrons. The van der Waals surface area contributed by atoms with Gasteiger partial charge in [0.05, 0.1) is 11.5 Å². The molecular weight excluding hydrogens is 288 g/mol. The van der Waals surface area contributed by atoms with Gasteiger partial charge in [0.2, 0.25) is 0 Å². The minimum absolute atomic E-state index is 0.00283. The quantitative estimate of drug-likeness (QED) is 0.464. The molecule has 0 aliphatic heterocycles. The highest BCUT2D eigenvalue weighted by molar-refractivity contribution is 7.09. The molecule has 1 fully saturated rings. The van der Waals surface area contributed by atoms with Gasteiger partial charge in [0, 0.05) is 22.5 Å². The molecule has 5 nitrogen and oxygen atoms in total. The number of carbonyl (C=O) groups excluding carboxylic acids is 1. The molecule has 1 heterocycles. The van der Waals surface area contributed by atoms with Crippen LogP contribution in [0.4, 0.5) is 11.4 Å². The first-order valence-electron chi connectivity index (χ1n) is 6.71. The average Bonchev–Trinajstić information content (AvgIpc) is 3.21. The van der Waals surface area contributed by atoms with Crippen LogP contribution in [0.1, 0.15) is 28.1 Å². The van der Waals surface area contributed by atoms with Gasteiger partial charge in [-0.1, -0.05) is 6.07 Å². The Hall–Kier alpha value is -2.21. The summed E-state index contributed by atoms with van der Waals surface area (Å²) in [7, 11) is 0. The van der Waals surface area contributed by atoms with E-state index in [1.807, 2.05) is 17.5 Å². The summed E-state index contributed by atoms with van der Waals surface area (Å²) in [6.45, 7) is 0.670. The second-order valence-electron chi connectivity index (χ2n) is 5.06. The first-order valence-corrected chi connectivity index (χ1v) is 7.59. The standard InChI is InChI=1S/C15H14N2O3S/c18-10-11-3-6-14(15(8-11)17(19)20)16(12-4-5-12)9-13-2-1-7-21-13/h1-3,6-8,10,12H,4-5,9H2. The smallest absolute Gasteiger partial charge is 0.293 e. The van der Waals surface area contributed by atoms with E-state index in [-0.39, 0.29) is 5.69 Å². The van der Waals surface area contributed by atoms with Crippen LogP contribution in [0.5, 0.6) is 0 Å². The number of hydrogen-bond donors (Lipinski definition) is 0. The van der Waals surface area contributed by atoms with E-state index < -0.39 is 4.92 Å². The fourth-order valence-corrected chi connectivity index (χ4v) is 3.07. The summed E-state index contributed by atoms with van der Waals surface area (Å²) in [5.41, 5.74) is 0.932. The summed E-state index contributed by atoms with van der Waals surface area (Å²) in [5.74, 6) is 0. The number of nitrogens with zero attached hydrogens (tertiary/aromatic N) is 2. The minimum atomic E-state index is -0.411. The average molecular weight is 302 g/mol. The van der Waals surface area contributed by atoms with Crippen molar-refractivity contribution in [1.82, 2.24) is 0 Å². The van der Waals surface area contributed by atoms with Crippen LogP contribution in [0.25, 0.3) is 0 Å². The summed E-state index contributed by atoms with van der Waals surface area (Å²) in [6.07, 6.45) is 2.74. The number of benzene rings is 1. The Labute approximate surface area is 126 Å². The summed E-state index contributed by atoms with van der Waals surface area (Å²) in [6, 6.07) is 9.05. The van der Waals surface area contributed by atoms with Gasteiger partial charge in [0.1, 0.15) is 12.0 Å². The lowest BCUT2D eigenvalue weighted by Crippen LogP contribution is -2.25. The van der Waals surface area contributed by atoms with E-state index in [0.29, 0.717) is 30.1 Å². The van der Waals surface area contributed by atoms with Crippen molar-refractivity contribution >= 4 is 29.0 Å². The summed E-state index contributed by atoms with van der Waals surface area (Å²) >= 11 is 1.65. The number of carbonyl (C=O) groups is 1. The number of anilines is 1. The predicted octanol–water partition coefficient (Wildman–Crippen LogP) is 3.64. The van der Waals surface area contributed by atoms with Crippen LogP contribution in [0.3, 0.4) is 0 Å². The maximum absolute atomic E-state index is 11.3. The second-order valence-corrected chi connectivity index (χ2v) is 6.09. The number of nitro groups is 1. The third-order valence-corrected chi connectivity index (χ3v) is 4.40. The molecule has 0 atom stereocenters. The maximum atomic E-state index is 11.3. The third kappa shape index (κ3) is 2.95. The zero-order valence-corrected chi connectivity index (χ0v) is 12.1. The van der Waals surface area contributed by atoms with Gasteiger partial charge in [-0.25, -0.2) is 0 Å². The molecule has 108 valence electrons. The molecule has 1 aromatic heterocycles. The van der Waals surface area contributed by atoms with E-state index in [0.717, 1.165) is 12.8 Å². The molecule has 0 saturated heterocycles. The molecule has 1 aliphatic carbocycles. The summed E-state index contributed by atoms with van der Waals surface area (Å²) < 4.78 is 0. The molecule has 3 rings (SSSR count). The second kappa shape index (κ2) is 5.65. The van der Waals surface area contributed by atoms with Crippen molar-refractivity contribution < 1.29 is 9.72 Å². The van der Waals surface area contributed by atoms with Gasteiger partial charge in [-0.3, -0.25) is 14.9 Å². The fraction of sp³-hybridized carbons (Fsp3) is 0.267. The topological polar surface area (TPSA) is 63.5 Å². The molecule has 1 saturated carbocycles. The van der Waals surface area contributed by atoms with Gasteiger partial charge in [0.15, 0.2) is 0 Å².